The lowest BCUT2D eigenvalue weighted by Crippen LogP contribution is -2.60. The second kappa shape index (κ2) is 9.90. The zero-order valence-electron chi connectivity index (χ0n) is 18.9. The molecule has 1 amide bonds. The smallest absolute Gasteiger partial charge is 0.227 e. The van der Waals surface area contributed by atoms with E-state index in [9.17, 15) is 4.79 Å². The Kier molecular flexibility index (Phi) is 7.80. The highest BCUT2D eigenvalue weighted by Crippen LogP contribution is 2.34. The van der Waals surface area contributed by atoms with Gasteiger partial charge in [0.25, 0.3) is 0 Å². The highest BCUT2D eigenvalue weighted by atomic mass is 16.5. The standard InChI is InChI=1S/C23H43N3O2/c1-17(2)19-6-8-21(9-7-19)26-13-12-25(15-22(26)16-28-5)23(27)20-10-11-24(14-20)18(3)4/h17-22H,6-16H2,1-5H3/t19?,20-,21?,22-/m0/s1. The molecule has 3 rings (SSSR count). The Balaban J connectivity index is 1.56. The van der Waals surface area contributed by atoms with Crippen molar-refractivity contribution in [1.82, 2.24) is 14.7 Å². The van der Waals surface area contributed by atoms with Gasteiger partial charge in [0, 0.05) is 45.4 Å². The molecule has 0 bridgehead atoms. The van der Waals surface area contributed by atoms with Crippen molar-refractivity contribution in [1.29, 1.82) is 0 Å². The van der Waals surface area contributed by atoms with E-state index in [4.69, 9.17) is 4.74 Å². The van der Waals surface area contributed by atoms with Crippen LogP contribution in [0.25, 0.3) is 0 Å². The van der Waals surface area contributed by atoms with Crippen LogP contribution in [0.5, 0.6) is 0 Å². The molecule has 2 atom stereocenters. The van der Waals surface area contributed by atoms with Crippen LogP contribution < -0.4 is 0 Å². The first-order valence-electron chi connectivity index (χ1n) is 11.7. The van der Waals surface area contributed by atoms with Crippen molar-refractivity contribution in [2.75, 3.05) is 46.4 Å². The van der Waals surface area contributed by atoms with E-state index in [0.29, 0.717) is 24.0 Å². The number of methoxy groups -OCH3 is 1. The molecular weight excluding hydrogens is 350 g/mol. The minimum atomic E-state index is 0.193. The molecule has 0 aromatic rings. The molecule has 0 aromatic heterocycles. The van der Waals surface area contributed by atoms with E-state index >= 15 is 0 Å². The van der Waals surface area contributed by atoms with Gasteiger partial charge in [0.2, 0.25) is 5.91 Å². The van der Waals surface area contributed by atoms with Crippen molar-refractivity contribution in [3.05, 3.63) is 0 Å². The van der Waals surface area contributed by atoms with Crippen LogP contribution in [0, 0.1) is 17.8 Å². The van der Waals surface area contributed by atoms with Crippen LogP contribution in [0.2, 0.25) is 0 Å². The summed E-state index contributed by atoms with van der Waals surface area (Å²) in [7, 11) is 1.80. The van der Waals surface area contributed by atoms with Crippen molar-refractivity contribution < 1.29 is 9.53 Å². The fraction of sp³-hybridized carbons (Fsp3) is 0.957. The van der Waals surface area contributed by atoms with Crippen LogP contribution in [-0.4, -0.2) is 85.2 Å². The van der Waals surface area contributed by atoms with Gasteiger partial charge in [-0.1, -0.05) is 13.8 Å². The number of ether oxygens (including phenoxy) is 1. The Hall–Kier alpha value is -0.650. The van der Waals surface area contributed by atoms with Gasteiger partial charge in [-0.2, -0.15) is 0 Å². The van der Waals surface area contributed by atoms with E-state index in [1.807, 2.05) is 0 Å². The number of carbonyl (C=O) groups excluding carboxylic acids is 1. The average Bonchev–Trinajstić information content (AvgIpc) is 3.18. The second-order valence-electron chi connectivity index (χ2n) is 10.0. The molecule has 0 N–H and O–H groups in total. The van der Waals surface area contributed by atoms with Gasteiger partial charge in [-0.05, 0) is 64.3 Å². The van der Waals surface area contributed by atoms with E-state index in [1.54, 1.807) is 7.11 Å². The van der Waals surface area contributed by atoms with Gasteiger partial charge in [-0.3, -0.25) is 9.69 Å². The molecule has 5 heteroatoms. The summed E-state index contributed by atoms with van der Waals surface area (Å²) in [5.74, 6) is 2.28. The maximum atomic E-state index is 13.2. The summed E-state index contributed by atoms with van der Waals surface area (Å²) in [5, 5.41) is 0. The van der Waals surface area contributed by atoms with E-state index in [2.05, 4.69) is 42.4 Å². The first-order chi connectivity index (χ1) is 13.4. The summed E-state index contributed by atoms with van der Waals surface area (Å²) < 4.78 is 5.58. The number of piperazine rings is 1. The van der Waals surface area contributed by atoms with Gasteiger partial charge in [-0.25, -0.2) is 0 Å². The molecule has 0 radical (unpaired) electrons. The second-order valence-corrected chi connectivity index (χ2v) is 10.0. The predicted octanol–water partition coefficient (Wildman–Crippen LogP) is 3.09. The van der Waals surface area contributed by atoms with E-state index in [1.165, 1.54) is 25.7 Å². The van der Waals surface area contributed by atoms with Gasteiger partial charge in [-0.15, -0.1) is 0 Å². The van der Waals surface area contributed by atoms with Crippen LogP contribution in [0.15, 0.2) is 0 Å². The summed E-state index contributed by atoms with van der Waals surface area (Å²) in [4.78, 5) is 20.4. The van der Waals surface area contributed by atoms with E-state index < -0.39 is 0 Å². The zero-order chi connectivity index (χ0) is 20.3. The minimum Gasteiger partial charge on any atom is -0.383 e. The van der Waals surface area contributed by atoms with Crippen LogP contribution in [-0.2, 0) is 9.53 Å². The number of hydrogen-bond acceptors (Lipinski definition) is 4. The molecule has 0 aromatic carbocycles. The monoisotopic (exact) mass is 393 g/mol. The number of carbonyl (C=O) groups is 1. The van der Waals surface area contributed by atoms with Gasteiger partial charge in [0.1, 0.15) is 0 Å². The molecule has 28 heavy (non-hydrogen) atoms. The molecule has 0 spiro atoms. The number of nitrogens with zero attached hydrogens (tertiary/aromatic N) is 3. The third kappa shape index (κ3) is 5.09. The summed E-state index contributed by atoms with van der Waals surface area (Å²) in [5.41, 5.74) is 0. The summed E-state index contributed by atoms with van der Waals surface area (Å²) in [6.07, 6.45) is 6.35. The SMILES string of the molecule is COC[C@@H]1CN(C(=O)[C@H]2CCN(C(C)C)C2)CCN1C1CCC(C(C)C)CC1. The van der Waals surface area contributed by atoms with Crippen molar-refractivity contribution in [2.45, 2.75) is 77.9 Å². The number of rotatable bonds is 6. The molecule has 1 aliphatic carbocycles. The molecule has 162 valence electrons. The summed E-state index contributed by atoms with van der Waals surface area (Å²) >= 11 is 0. The first kappa shape index (κ1) is 22.0. The summed E-state index contributed by atoms with van der Waals surface area (Å²) in [6.45, 7) is 14.7. The average molecular weight is 394 g/mol. The molecular formula is C23H43N3O2. The molecule has 5 nitrogen and oxygen atoms in total. The third-order valence-corrected chi connectivity index (χ3v) is 7.65. The first-order valence-corrected chi connectivity index (χ1v) is 11.7. The van der Waals surface area contributed by atoms with Gasteiger partial charge >= 0.3 is 0 Å². The van der Waals surface area contributed by atoms with Crippen LogP contribution in [0.3, 0.4) is 0 Å². The lowest BCUT2D eigenvalue weighted by atomic mass is 9.79. The van der Waals surface area contributed by atoms with Crippen molar-refractivity contribution >= 4 is 5.91 Å². The topological polar surface area (TPSA) is 36.0 Å². The predicted molar refractivity (Wildman–Crippen MR) is 114 cm³/mol. The molecule has 2 heterocycles. The fourth-order valence-corrected chi connectivity index (χ4v) is 5.71. The van der Waals surface area contributed by atoms with Crippen molar-refractivity contribution in [2.24, 2.45) is 17.8 Å². The largest absolute Gasteiger partial charge is 0.383 e. The normalized spacial score (nSPS) is 33.2. The highest BCUT2D eigenvalue weighted by molar-refractivity contribution is 5.79. The molecule has 3 aliphatic rings. The van der Waals surface area contributed by atoms with Gasteiger partial charge < -0.3 is 14.5 Å². The lowest BCUT2D eigenvalue weighted by molar-refractivity contribution is -0.140. The maximum Gasteiger partial charge on any atom is 0.227 e. The van der Waals surface area contributed by atoms with E-state index in [-0.39, 0.29) is 5.92 Å². The van der Waals surface area contributed by atoms with Crippen LogP contribution in [0.4, 0.5) is 0 Å². The minimum absolute atomic E-state index is 0.193. The number of amides is 1. The van der Waals surface area contributed by atoms with Crippen molar-refractivity contribution in [3.63, 3.8) is 0 Å². The molecule has 1 saturated carbocycles. The highest BCUT2D eigenvalue weighted by Gasteiger charge is 2.39. The molecule has 0 unspecified atom stereocenters. The quantitative estimate of drug-likeness (QED) is 0.695. The molecule has 3 fully saturated rings. The Labute approximate surface area is 172 Å². The Morgan fingerprint density at radius 3 is 2.25 bits per heavy atom. The maximum absolute atomic E-state index is 13.2. The van der Waals surface area contributed by atoms with Gasteiger partial charge in [0.15, 0.2) is 0 Å². The molecule has 2 saturated heterocycles. The Bertz CT molecular complexity index is 502. The zero-order valence-corrected chi connectivity index (χ0v) is 18.9. The number of likely N-dealkylation sites (tertiary alicyclic amines) is 1. The van der Waals surface area contributed by atoms with Crippen LogP contribution in [0.1, 0.15) is 59.8 Å². The Morgan fingerprint density at radius 1 is 0.964 bits per heavy atom. The van der Waals surface area contributed by atoms with Crippen LogP contribution >= 0.6 is 0 Å². The van der Waals surface area contributed by atoms with Gasteiger partial charge in [0.05, 0.1) is 18.6 Å². The number of hydrogen-bond donors (Lipinski definition) is 0. The third-order valence-electron chi connectivity index (χ3n) is 7.65. The lowest BCUT2D eigenvalue weighted by Gasteiger charge is -2.47. The summed E-state index contributed by atoms with van der Waals surface area (Å²) in [6, 6.07) is 1.57. The van der Waals surface area contributed by atoms with E-state index in [0.717, 1.165) is 57.6 Å². The van der Waals surface area contributed by atoms with Crippen molar-refractivity contribution in [3.8, 4) is 0 Å². The fourth-order valence-electron chi connectivity index (χ4n) is 5.71. The molecule has 2 aliphatic heterocycles. The Morgan fingerprint density at radius 2 is 1.68 bits per heavy atom.